The van der Waals surface area contributed by atoms with Crippen molar-refractivity contribution in [3.8, 4) is 0 Å². The molecule has 0 aliphatic heterocycles. The van der Waals surface area contributed by atoms with E-state index in [0.29, 0.717) is 10.1 Å². The number of hydrogen-bond acceptors (Lipinski definition) is 2. The molecule has 200 valence electrons. The van der Waals surface area contributed by atoms with Crippen LogP contribution in [-0.4, -0.2) is 5.97 Å². The molecule has 0 aromatic heterocycles. The van der Waals surface area contributed by atoms with Crippen molar-refractivity contribution < 1.29 is 52.5 Å². The second-order valence-electron chi connectivity index (χ2n) is 10.7. The third kappa shape index (κ3) is 5.34. The van der Waals surface area contributed by atoms with E-state index in [2.05, 4.69) is 43.3 Å². The largest absolute Gasteiger partial charge is 1.00 e. The maximum atomic E-state index is 14.5. The summed E-state index contributed by atoms with van der Waals surface area (Å²) in [5.74, 6) is 0.410. The van der Waals surface area contributed by atoms with Crippen molar-refractivity contribution in [2.75, 3.05) is 0 Å². The molecular formula is C34H34Cl2O2Ti. The van der Waals surface area contributed by atoms with Gasteiger partial charge in [-0.25, -0.2) is 0 Å². The molecule has 5 heteroatoms. The number of benzene rings is 3. The van der Waals surface area contributed by atoms with Gasteiger partial charge in [0, 0.05) is 0 Å². The van der Waals surface area contributed by atoms with E-state index >= 15 is 0 Å². The van der Waals surface area contributed by atoms with Crippen molar-refractivity contribution in [3.63, 3.8) is 0 Å². The Hall–Kier alpha value is -2.10. The zero-order valence-corrected chi connectivity index (χ0v) is 25.4. The van der Waals surface area contributed by atoms with Crippen molar-refractivity contribution in [2.45, 2.75) is 61.5 Å². The van der Waals surface area contributed by atoms with Crippen LogP contribution in [0.25, 0.3) is 0 Å². The molecule has 0 fully saturated rings. The normalized spacial score (nSPS) is 20.1. The number of hydrogen-bond donors (Lipinski definition) is 0. The van der Waals surface area contributed by atoms with Gasteiger partial charge in [0.25, 0.3) is 0 Å². The Balaban J connectivity index is 0.00000176. The minimum atomic E-state index is -0.988. The van der Waals surface area contributed by atoms with Crippen LogP contribution in [0.5, 0.6) is 0 Å². The monoisotopic (exact) mass is 592 g/mol. The minimum Gasteiger partial charge on any atom is -1.00 e. The fourth-order valence-corrected chi connectivity index (χ4v) is 9.05. The van der Waals surface area contributed by atoms with Crippen LogP contribution in [-0.2, 0) is 33.1 Å². The van der Waals surface area contributed by atoms with Crippen LogP contribution in [0.3, 0.4) is 0 Å². The number of allylic oxidation sites excluding steroid dienone is 4. The summed E-state index contributed by atoms with van der Waals surface area (Å²) in [5.41, 5.74) is 8.56. The van der Waals surface area contributed by atoms with Gasteiger partial charge in [0.05, 0.1) is 0 Å². The summed E-state index contributed by atoms with van der Waals surface area (Å²) in [6.45, 7) is 2.41. The molecule has 0 saturated carbocycles. The SMILES string of the molecule is CC1C2=C(CCCC2)C2=C1[CH]([Ti+2][O]C(=O)C(c1ccccc1)(c1ccccc1)c1ccccc1)CCC2.[Cl-].[Cl-]. The quantitative estimate of drug-likeness (QED) is 0.325. The molecule has 0 saturated heterocycles. The van der Waals surface area contributed by atoms with E-state index < -0.39 is 25.0 Å². The van der Waals surface area contributed by atoms with Crippen LogP contribution in [0.15, 0.2) is 113 Å². The Morgan fingerprint density at radius 3 is 1.74 bits per heavy atom. The van der Waals surface area contributed by atoms with E-state index in [1.54, 1.807) is 22.3 Å². The molecule has 39 heavy (non-hydrogen) atoms. The van der Waals surface area contributed by atoms with E-state index in [9.17, 15) is 4.79 Å². The van der Waals surface area contributed by atoms with Gasteiger partial charge in [-0.2, -0.15) is 0 Å². The Kier molecular flexibility index (Phi) is 9.99. The molecule has 0 N–H and O–H groups in total. The average Bonchev–Trinajstić information content (AvgIpc) is 3.26. The number of halogens is 2. The predicted molar refractivity (Wildman–Crippen MR) is 145 cm³/mol. The van der Waals surface area contributed by atoms with Gasteiger partial charge < -0.3 is 24.8 Å². The van der Waals surface area contributed by atoms with Gasteiger partial charge >= 0.3 is 231 Å². The molecule has 3 aliphatic carbocycles. The number of carbonyl (C=O) groups is 1. The van der Waals surface area contributed by atoms with E-state index in [4.69, 9.17) is 3.32 Å². The summed E-state index contributed by atoms with van der Waals surface area (Å²) in [6, 6.07) is 30.6. The minimum absolute atomic E-state index is 0. The van der Waals surface area contributed by atoms with Crippen LogP contribution in [0.4, 0.5) is 0 Å². The third-order valence-electron chi connectivity index (χ3n) is 8.73. The van der Waals surface area contributed by atoms with Crippen molar-refractivity contribution in [2.24, 2.45) is 5.92 Å². The zero-order valence-electron chi connectivity index (χ0n) is 22.3. The first-order valence-electron chi connectivity index (χ1n) is 13.8. The smallest absolute Gasteiger partial charge is 1.00 e. The first-order valence-corrected chi connectivity index (χ1v) is 15.3. The third-order valence-corrected chi connectivity index (χ3v) is 10.6. The number of fused-ring (bicyclic) bond motifs is 1. The second-order valence-corrected chi connectivity index (χ2v) is 12.4. The van der Waals surface area contributed by atoms with E-state index in [-0.39, 0.29) is 30.8 Å². The Morgan fingerprint density at radius 1 is 0.718 bits per heavy atom. The van der Waals surface area contributed by atoms with Gasteiger partial charge in [0.2, 0.25) is 0 Å². The molecule has 0 amide bonds. The van der Waals surface area contributed by atoms with Gasteiger partial charge in [0.1, 0.15) is 0 Å². The van der Waals surface area contributed by atoms with Crippen LogP contribution >= 0.6 is 0 Å². The molecule has 0 spiro atoms. The van der Waals surface area contributed by atoms with Gasteiger partial charge in [-0.15, -0.1) is 0 Å². The zero-order chi connectivity index (χ0) is 25.2. The van der Waals surface area contributed by atoms with Crippen LogP contribution in [0, 0.1) is 5.92 Å². The summed E-state index contributed by atoms with van der Waals surface area (Å²) in [7, 11) is 0. The number of rotatable bonds is 6. The molecular weight excluding hydrogens is 559 g/mol. The van der Waals surface area contributed by atoms with Gasteiger partial charge in [-0.05, 0) is 0 Å². The summed E-state index contributed by atoms with van der Waals surface area (Å²) in [4.78, 5) is 14.5. The Bertz CT molecular complexity index is 1240. The van der Waals surface area contributed by atoms with Crippen LogP contribution in [0.2, 0.25) is 4.22 Å². The molecule has 6 rings (SSSR count). The van der Waals surface area contributed by atoms with Crippen LogP contribution < -0.4 is 24.8 Å². The molecule has 2 unspecified atom stereocenters. The first-order chi connectivity index (χ1) is 18.2. The Labute approximate surface area is 254 Å². The van der Waals surface area contributed by atoms with E-state index in [1.807, 2.05) is 54.6 Å². The van der Waals surface area contributed by atoms with Crippen molar-refractivity contribution in [1.82, 2.24) is 0 Å². The molecule has 0 heterocycles. The summed E-state index contributed by atoms with van der Waals surface area (Å²) in [5, 5.41) is 0. The summed E-state index contributed by atoms with van der Waals surface area (Å²) in [6.07, 6.45) is 8.76. The van der Waals surface area contributed by atoms with E-state index in [0.717, 1.165) is 23.1 Å². The maximum Gasteiger partial charge on any atom is -1.00 e. The summed E-state index contributed by atoms with van der Waals surface area (Å²) < 4.78 is 6.99. The average molecular weight is 593 g/mol. The molecule has 3 aromatic rings. The van der Waals surface area contributed by atoms with Crippen LogP contribution in [0.1, 0.15) is 68.6 Å². The fourth-order valence-electron chi connectivity index (χ4n) is 7.06. The van der Waals surface area contributed by atoms with Gasteiger partial charge in [-0.3, -0.25) is 0 Å². The molecule has 2 atom stereocenters. The standard InChI is InChI=1S/C20H16O2.C14H19.2ClH.Ti/c21-19(22)20(16-10-4-1-5-11-16,17-12-6-2-7-13-17)18-14-8-3-9-15-18;1-10-11-6-2-4-8-13(11)14-9-5-3-7-12(10)14;;;/h1-15H,(H,21,22);6,10H,2-5,7-9H2,1H3;2*1H;/q;;;;+3/p-3. The first kappa shape index (κ1) is 29.9. The molecule has 3 aliphatic rings. The maximum absolute atomic E-state index is 14.5. The molecule has 0 bridgehead atoms. The summed E-state index contributed by atoms with van der Waals surface area (Å²) >= 11 is -0.974. The Morgan fingerprint density at radius 2 is 1.21 bits per heavy atom. The number of carbonyl (C=O) groups excluding carboxylic acids is 1. The predicted octanol–water partition coefficient (Wildman–Crippen LogP) is 2.36. The fraction of sp³-hybridized carbons (Fsp3) is 0.324. The van der Waals surface area contributed by atoms with Crippen molar-refractivity contribution in [3.05, 3.63) is 130 Å². The van der Waals surface area contributed by atoms with Crippen molar-refractivity contribution in [1.29, 1.82) is 0 Å². The molecule has 3 aromatic carbocycles. The topological polar surface area (TPSA) is 26.3 Å². The van der Waals surface area contributed by atoms with E-state index in [1.165, 1.54) is 38.5 Å². The molecule has 0 radical (unpaired) electrons. The van der Waals surface area contributed by atoms with Crippen molar-refractivity contribution >= 4 is 5.97 Å². The van der Waals surface area contributed by atoms with Gasteiger partial charge in [-0.1, -0.05) is 0 Å². The second kappa shape index (κ2) is 13.0. The molecule has 2 nitrogen and oxygen atoms in total. The van der Waals surface area contributed by atoms with Gasteiger partial charge in [0.15, 0.2) is 0 Å².